The van der Waals surface area contributed by atoms with Crippen molar-refractivity contribution < 1.29 is 19.3 Å². The number of rotatable bonds is 12. The fraction of sp³-hybridized carbons (Fsp3) is 0.0857. The van der Waals surface area contributed by atoms with Gasteiger partial charge in [0, 0.05) is 39.2 Å². The summed E-state index contributed by atoms with van der Waals surface area (Å²) in [5.41, 5.74) is 2.79. The van der Waals surface area contributed by atoms with Crippen molar-refractivity contribution in [2.75, 3.05) is 10.6 Å². The number of carbonyl (C=O) groups is 3. The van der Waals surface area contributed by atoms with E-state index in [4.69, 9.17) is 0 Å². The monoisotopic (exact) mass is 663 g/mol. The standard InChI is InChI=1S/C35H29N5O5S2/c1-2-31(34(43)39-35-38-30(22-46-35)25-15-9-17-27(20-25)40(44)45)47-28-18-10-16-26(21-28)36-33(42)29(19-23-11-5-3-6-12-23)37-32(41)24-13-7-4-8-14-24/h3-22,31H,2H2,1H3,(H,36,42)(H,37,41)(H,38,39,43)/b29-19-. The topological polar surface area (TPSA) is 143 Å². The van der Waals surface area contributed by atoms with Crippen molar-refractivity contribution >= 4 is 63.4 Å². The highest BCUT2D eigenvalue weighted by Gasteiger charge is 2.21. The van der Waals surface area contributed by atoms with E-state index in [1.165, 1.54) is 35.2 Å². The minimum atomic E-state index is -0.506. The molecule has 0 fully saturated rings. The number of carbonyl (C=O) groups excluding carboxylic acids is 3. The highest BCUT2D eigenvalue weighted by molar-refractivity contribution is 8.00. The van der Waals surface area contributed by atoms with Gasteiger partial charge in [-0.1, -0.05) is 73.7 Å². The summed E-state index contributed by atoms with van der Waals surface area (Å²) in [5.74, 6) is -1.17. The quantitative estimate of drug-likeness (QED) is 0.0539. The first-order valence-corrected chi connectivity index (χ1v) is 16.3. The molecule has 5 aromatic rings. The van der Waals surface area contributed by atoms with Gasteiger partial charge in [-0.25, -0.2) is 4.98 Å². The highest BCUT2D eigenvalue weighted by atomic mass is 32.2. The highest BCUT2D eigenvalue weighted by Crippen LogP contribution is 2.31. The summed E-state index contributed by atoms with van der Waals surface area (Å²) in [6.45, 7) is 1.90. The molecular weight excluding hydrogens is 635 g/mol. The van der Waals surface area contributed by atoms with Crippen LogP contribution in [-0.2, 0) is 9.59 Å². The Hall–Kier alpha value is -5.59. The summed E-state index contributed by atoms with van der Waals surface area (Å²) in [6, 6.07) is 31.1. The van der Waals surface area contributed by atoms with Gasteiger partial charge in [-0.05, 0) is 48.4 Å². The third-order valence-corrected chi connectivity index (χ3v) is 8.88. The first kappa shape index (κ1) is 32.8. The molecule has 0 spiro atoms. The van der Waals surface area contributed by atoms with Gasteiger partial charge in [-0.15, -0.1) is 23.1 Å². The Morgan fingerprint density at radius 2 is 1.64 bits per heavy atom. The first-order valence-electron chi connectivity index (χ1n) is 14.5. The van der Waals surface area contributed by atoms with Gasteiger partial charge in [0.2, 0.25) is 5.91 Å². The summed E-state index contributed by atoms with van der Waals surface area (Å²) >= 11 is 2.57. The maximum Gasteiger partial charge on any atom is 0.272 e. The summed E-state index contributed by atoms with van der Waals surface area (Å²) < 4.78 is 0. The second-order valence-corrected chi connectivity index (χ2v) is 12.3. The van der Waals surface area contributed by atoms with Crippen LogP contribution in [0.25, 0.3) is 17.3 Å². The first-order chi connectivity index (χ1) is 22.8. The Bertz CT molecular complexity index is 1930. The molecule has 0 saturated carbocycles. The lowest BCUT2D eigenvalue weighted by Gasteiger charge is -2.15. The molecule has 0 bridgehead atoms. The van der Waals surface area contributed by atoms with Gasteiger partial charge in [0.15, 0.2) is 5.13 Å². The van der Waals surface area contributed by atoms with Crippen LogP contribution in [0.15, 0.2) is 125 Å². The van der Waals surface area contributed by atoms with E-state index in [1.807, 2.05) is 43.3 Å². The number of aromatic nitrogens is 1. The fourth-order valence-corrected chi connectivity index (χ4v) is 6.15. The molecule has 0 aliphatic rings. The molecule has 0 radical (unpaired) electrons. The maximum atomic E-state index is 13.4. The van der Waals surface area contributed by atoms with E-state index in [-0.39, 0.29) is 17.3 Å². The van der Waals surface area contributed by atoms with Crippen LogP contribution in [0.4, 0.5) is 16.5 Å². The number of nitrogens with zero attached hydrogens (tertiary/aromatic N) is 2. The number of hydrogen-bond acceptors (Lipinski definition) is 8. The maximum absolute atomic E-state index is 13.4. The molecule has 1 atom stereocenters. The number of anilines is 2. The number of nitro benzene ring substituents is 1. The summed E-state index contributed by atoms with van der Waals surface area (Å²) in [5, 5.41) is 21.2. The van der Waals surface area contributed by atoms with Gasteiger partial charge in [0.1, 0.15) is 5.70 Å². The lowest BCUT2D eigenvalue weighted by atomic mass is 10.1. The molecule has 0 aliphatic carbocycles. The zero-order valence-electron chi connectivity index (χ0n) is 25.1. The summed E-state index contributed by atoms with van der Waals surface area (Å²) in [4.78, 5) is 55.4. The van der Waals surface area contributed by atoms with E-state index >= 15 is 0 Å². The van der Waals surface area contributed by atoms with Crippen molar-refractivity contribution in [3.05, 3.63) is 142 Å². The van der Waals surface area contributed by atoms with E-state index in [2.05, 4.69) is 20.9 Å². The van der Waals surface area contributed by atoms with Crippen LogP contribution in [0, 0.1) is 10.1 Å². The second-order valence-electron chi connectivity index (χ2n) is 10.1. The van der Waals surface area contributed by atoms with Crippen molar-refractivity contribution in [2.45, 2.75) is 23.5 Å². The molecule has 3 N–H and O–H groups in total. The average molecular weight is 664 g/mol. The van der Waals surface area contributed by atoms with Crippen LogP contribution in [0.5, 0.6) is 0 Å². The average Bonchev–Trinajstić information content (AvgIpc) is 3.56. The van der Waals surface area contributed by atoms with Gasteiger partial charge in [0.05, 0.1) is 15.9 Å². The summed E-state index contributed by atoms with van der Waals surface area (Å²) in [7, 11) is 0. The van der Waals surface area contributed by atoms with E-state index in [9.17, 15) is 24.5 Å². The number of non-ortho nitro benzene ring substituents is 1. The Morgan fingerprint density at radius 1 is 0.915 bits per heavy atom. The number of thiazole rings is 1. The van der Waals surface area contributed by atoms with Crippen LogP contribution in [-0.4, -0.2) is 32.9 Å². The molecule has 12 heteroatoms. The van der Waals surface area contributed by atoms with Crippen LogP contribution in [0.2, 0.25) is 0 Å². The number of nitrogens with one attached hydrogen (secondary N) is 3. The molecule has 5 rings (SSSR count). The third kappa shape index (κ3) is 9.00. The predicted molar refractivity (Wildman–Crippen MR) is 186 cm³/mol. The van der Waals surface area contributed by atoms with E-state index in [1.54, 1.807) is 72.1 Å². The van der Waals surface area contributed by atoms with Crippen molar-refractivity contribution in [2.24, 2.45) is 0 Å². The van der Waals surface area contributed by atoms with Crippen molar-refractivity contribution in [3.63, 3.8) is 0 Å². The molecule has 3 amide bonds. The number of amides is 3. The van der Waals surface area contributed by atoms with Crippen molar-refractivity contribution in [3.8, 4) is 11.3 Å². The van der Waals surface area contributed by atoms with Crippen molar-refractivity contribution in [1.29, 1.82) is 0 Å². The molecule has 1 heterocycles. The summed E-state index contributed by atoms with van der Waals surface area (Å²) in [6.07, 6.45) is 2.13. The fourth-order valence-electron chi connectivity index (χ4n) is 4.42. The van der Waals surface area contributed by atoms with Crippen LogP contribution < -0.4 is 16.0 Å². The van der Waals surface area contributed by atoms with Crippen LogP contribution in [0.3, 0.4) is 0 Å². The van der Waals surface area contributed by atoms with Gasteiger partial charge in [-0.3, -0.25) is 24.5 Å². The Balaban J connectivity index is 1.26. The second kappa shape index (κ2) is 15.6. The van der Waals surface area contributed by atoms with Crippen molar-refractivity contribution in [1.82, 2.24) is 10.3 Å². The molecule has 1 aromatic heterocycles. The number of hydrogen-bond donors (Lipinski definition) is 3. The minimum Gasteiger partial charge on any atom is -0.321 e. The zero-order valence-corrected chi connectivity index (χ0v) is 26.7. The Labute approximate surface area is 279 Å². The van der Waals surface area contributed by atoms with Gasteiger partial charge >= 0.3 is 0 Å². The van der Waals surface area contributed by atoms with Gasteiger partial charge in [0.25, 0.3) is 17.5 Å². The Kier molecular flexibility index (Phi) is 10.9. The Morgan fingerprint density at radius 3 is 2.36 bits per heavy atom. The molecular formula is C35H29N5O5S2. The van der Waals surface area contributed by atoms with Gasteiger partial charge in [-0.2, -0.15) is 0 Å². The number of thioether (sulfide) groups is 1. The van der Waals surface area contributed by atoms with Gasteiger partial charge < -0.3 is 16.0 Å². The number of benzene rings is 4. The largest absolute Gasteiger partial charge is 0.321 e. The molecule has 47 heavy (non-hydrogen) atoms. The molecule has 1 unspecified atom stereocenters. The predicted octanol–water partition coefficient (Wildman–Crippen LogP) is 7.64. The molecule has 0 aliphatic heterocycles. The molecule has 4 aromatic carbocycles. The van der Waals surface area contributed by atoms with Crippen LogP contribution in [0.1, 0.15) is 29.3 Å². The zero-order chi connectivity index (χ0) is 33.2. The lowest BCUT2D eigenvalue weighted by molar-refractivity contribution is -0.384. The third-order valence-electron chi connectivity index (χ3n) is 6.76. The van der Waals surface area contributed by atoms with E-state index in [0.29, 0.717) is 34.1 Å². The smallest absolute Gasteiger partial charge is 0.272 e. The normalized spacial score (nSPS) is 11.7. The minimum absolute atomic E-state index is 0.0395. The molecule has 236 valence electrons. The van der Waals surface area contributed by atoms with E-state index in [0.717, 1.165) is 10.5 Å². The molecule has 0 saturated heterocycles. The SMILES string of the molecule is CCC(Sc1cccc(NC(=O)/C(=C/c2ccccc2)NC(=O)c2ccccc2)c1)C(=O)Nc1nc(-c2cccc([N+](=O)[O-])c2)cs1. The number of nitro groups is 1. The molecule has 10 nitrogen and oxygen atoms in total. The lowest BCUT2D eigenvalue weighted by Crippen LogP contribution is -2.30. The van der Waals surface area contributed by atoms with E-state index < -0.39 is 22.0 Å². The van der Waals surface area contributed by atoms with Crippen LogP contribution >= 0.6 is 23.1 Å².